The van der Waals surface area contributed by atoms with E-state index in [-0.39, 0.29) is 18.5 Å². The van der Waals surface area contributed by atoms with Crippen LogP contribution in [0.4, 0.5) is 4.79 Å². The summed E-state index contributed by atoms with van der Waals surface area (Å²) in [6.07, 6.45) is 2.76. The summed E-state index contributed by atoms with van der Waals surface area (Å²) in [5.41, 5.74) is 0. The first kappa shape index (κ1) is 18.2. The molecule has 116 valence electrons. The summed E-state index contributed by atoms with van der Waals surface area (Å²) in [6, 6.07) is -0.319. The Morgan fingerprint density at radius 3 is 2.40 bits per heavy atom. The van der Waals surface area contributed by atoms with Crippen molar-refractivity contribution in [1.82, 2.24) is 10.2 Å². The molecule has 0 spiro atoms. The van der Waals surface area contributed by atoms with Crippen molar-refractivity contribution in [3.63, 3.8) is 0 Å². The van der Waals surface area contributed by atoms with E-state index in [1.54, 1.807) is 6.92 Å². The minimum atomic E-state index is -0.461. The van der Waals surface area contributed by atoms with Crippen molar-refractivity contribution in [2.24, 2.45) is 0 Å². The van der Waals surface area contributed by atoms with Gasteiger partial charge in [-0.3, -0.25) is 9.59 Å². The standard InChI is InChI=1S/C13H24N2O5/c1-4-20-11(16)8-6-5-7-9-14-13(18)15(2)10-12(17)19-3/h4-10H2,1-3H3,(H,14,18). The molecule has 1 N–H and O–H groups in total. The SMILES string of the molecule is CCOC(=O)CCCCCNC(=O)N(C)CC(=O)OC. The lowest BCUT2D eigenvalue weighted by Gasteiger charge is -2.16. The lowest BCUT2D eigenvalue weighted by Crippen LogP contribution is -2.40. The zero-order chi connectivity index (χ0) is 15.4. The van der Waals surface area contributed by atoms with E-state index >= 15 is 0 Å². The number of likely N-dealkylation sites (N-methyl/N-ethyl adjacent to an activating group) is 1. The van der Waals surface area contributed by atoms with Crippen LogP contribution >= 0.6 is 0 Å². The molecule has 0 rings (SSSR count). The number of urea groups is 1. The average molecular weight is 288 g/mol. The van der Waals surface area contributed by atoms with Gasteiger partial charge >= 0.3 is 18.0 Å². The van der Waals surface area contributed by atoms with E-state index in [1.807, 2.05) is 0 Å². The number of ether oxygens (including phenoxy) is 2. The molecule has 0 saturated carbocycles. The summed E-state index contributed by atoms with van der Waals surface area (Å²) in [6.45, 7) is 2.61. The van der Waals surface area contributed by atoms with Crippen LogP contribution in [0.15, 0.2) is 0 Å². The fraction of sp³-hybridized carbons (Fsp3) is 0.769. The van der Waals surface area contributed by atoms with Gasteiger partial charge in [0.05, 0.1) is 13.7 Å². The van der Waals surface area contributed by atoms with Gasteiger partial charge in [0.25, 0.3) is 0 Å². The van der Waals surface area contributed by atoms with Crippen LogP contribution in [0, 0.1) is 0 Å². The number of amides is 2. The summed E-state index contributed by atoms with van der Waals surface area (Å²) in [5.74, 6) is -0.647. The van der Waals surface area contributed by atoms with Crippen molar-refractivity contribution in [1.29, 1.82) is 0 Å². The van der Waals surface area contributed by atoms with Crippen molar-refractivity contribution in [2.75, 3.05) is 33.9 Å². The number of nitrogens with zero attached hydrogens (tertiary/aromatic N) is 1. The molecule has 0 fully saturated rings. The number of hydrogen-bond donors (Lipinski definition) is 1. The Bertz CT molecular complexity index is 320. The van der Waals surface area contributed by atoms with E-state index < -0.39 is 5.97 Å². The number of carbonyl (C=O) groups is 3. The third-order valence-electron chi connectivity index (χ3n) is 2.58. The Balaban J connectivity index is 3.57. The van der Waals surface area contributed by atoms with Gasteiger partial charge in [-0.1, -0.05) is 6.42 Å². The normalized spacial score (nSPS) is 9.75. The number of rotatable bonds is 9. The highest BCUT2D eigenvalue weighted by molar-refractivity contribution is 5.80. The third kappa shape index (κ3) is 9.18. The van der Waals surface area contributed by atoms with Crippen LogP contribution in [0.2, 0.25) is 0 Å². The molecule has 0 aromatic rings. The molecule has 2 amide bonds. The van der Waals surface area contributed by atoms with Gasteiger partial charge in [0, 0.05) is 20.0 Å². The van der Waals surface area contributed by atoms with Gasteiger partial charge in [-0.25, -0.2) is 4.79 Å². The van der Waals surface area contributed by atoms with Gasteiger partial charge < -0.3 is 19.7 Å². The van der Waals surface area contributed by atoms with E-state index in [0.717, 1.165) is 19.3 Å². The van der Waals surface area contributed by atoms with Crippen molar-refractivity contribution in [3.8, 4) is 0 Å². The highest BCUT2D eigenvalue weighted by atomic mass is 16.5. The molecular weight excluding hydrogens is 264 g/mol. The van der Waals surface area contributed by atoms with Crippen LogP contribution in [0.25, 0.3) is 0 Å². The van der Waals surface area contributed by atoms with Crippen LogP contribution in [0.1, 0.15) is 32.6 Å². The second-order valence-corrected chi connectivity index (χ2v) is 4.28. The van der Waals surface area contributed by atoms with Crippen molar-refractivity contribution in [3.05, 3.63) is 0 Å². The third-order valence-corrected chi connectivity index (χ3v) is 2.58. The summed E-state index contributed by atoms with van der Waals surface area (Å²) in [5, 5.41) is 2.69. The molecule has 0 aliphatic carbocycles. The number of unbranched alkanes of at least 4 members (excludes halogenated alkanes) is 2. The Kier molecular flexibility index (Phi) is 10.1. The highest BCUT2D eigenvalue weighted by Crippen LogP contribution is 2.00. The van der Waals surface area contributed by atoms with E-state index in [1.165, 1.54) is 19.1 Å². The van der Waals surface area contributed by atoms with E-state index in [2.05, 4.69) is 10.1 Å². The molecule has 0 aromatic heterocycles. The first-order valence-electron chi connectivity index (χ1n) is 6.72. The summed E-state index contributed by atoms with van der Waals surface area (Å²) in [4.78, 5) is 34.8. The van der Waals surface area contributed by atoms with Crippen LogP contribution in [0.5, 0.6) is 0 Å². The fourth-order valence-corrected chi connectivity index (χ4v) is 1.46. The van der Waals surface area contributed by atoms with Gasteiger partial charge in [-0.15, -0.1) is 0 Å². The Hall–Kier alpha value is -1.79. The van der Waals surface area contributed by atoms with E-state index in [0.29, 0.717) is 19.6 Å². The quantitative estimate of drug-likeness (QED) is 0.504. The van der Waals surface area contributed by atoms with E-state index in [4.69, 9.17) is 4.74 Å². The molecule has 0 aliphatic heterocycles. The van der Waals surface area contributed by atoms with Crippen molar-refractivity contribution >= 4 is 18.0 Å². The van der Waals surface area contributed by atoms with E-state index in [9.17, 15) is 14.4 Å². The second-order valence-electron chi connectivity index (χ2n) is 4.28. The van der Waals surface area contributed by atoms with Gasteiger partial charge in [-0.2, -0.15) is 0 Å². The molecule has 0 saturated heterocycles. The maximum atomic E-state index is 11.6. The number of hydrogen-bond acceptors (Lipinski definition) is 5. The van der Waals surface area contributed by atoms with Gasteiger partial charge in [0.1, 0.15) is 6.54 Å². The highest BCUT2D eigenvalue weighted by Gasteiger charge is 2.11. The summed E-state index contributed by atoms with van der Waals surface area (Å²) in [7, 11) is 2.80. The van der Waals surface area contributed by atoms with Gasteiger partial charge in [0.15, 0.2) is 0 Å². The first-order chi connectivity index (χ1) is 9.51. The smallest absolute Gasteiger partial charge is 0.325 e. The summed E-state index contributed by atoms with van der Waals surface area (Å²) >= 11 is 0. The molecule has 0 atom stereocenters. The minimum absolute atomic E-state index is 0.0782. The molecular formula is C13H24N2O5. The Morgan fingerprint density at radius 1 is 1.10 bits per heavy atom. The number of carbonyl (C=O) groups excluding carboxylic acids is 3. The lowest BCUT2D eigenvalue weighted by molar-refractivity contribution is -0.143. The first-order valence-corrected chi connectivity index (χ1v) is 6.72. The average Bonchev–Trinajstić information content (AvgIpc) is 2.42. The fourth-order valence-electron chi connectivity index (χ4n) is 1.46. The molecule has 7 heteroatoms. The Morgan fingerprint density at radius 2 is 1.80 bits per heavy atom. The van der Waals surface area contributed by atoms with Crippen LogP contribution in [-0.2, 0) is 19.1 Å². The van der Waals surface area contributed by atoms with Crippen molar-refractivity contribution < 1.29 is 23.9 Å². The van der Waals surface area contributed by atoms with Crippen LogP contribution in [-0.4, -0.2) is 56.7 Å². The number of esters is 2. The largest absolute Gasteiger partial charge is 0.468 e. The predicted octanol–water partition coefficient (Wildman–Crippen LogP) is 0.924. The molecule has 7 nitrogen and oxygen atoms in total. The van der Waals surface area contributed by atoms with Crippen LogP contribution < -0.4 is 5.32 Å². The maximum absolute atomic E-state index is 11.6. The second kappa shape index (κ2) is 11.1. The zero-order valence-corrected chi connectivity index (χ0v) is 12.4. The number of nitrogens with one attached hydrogen (secondary N) is 1. The molecule has 0 unspecified atom stereocenters. The zero-order valence-electron chi connectivity index (χ0n) is 12.4. The summed E-state index contributed by atoms with van der Waals surface area (Å²) < 4.78 is 9.27. The molecule has 20 heavy (non-hydrogen) atoms. The maximum Gasteiger partial charge on any atom is 0.325 e. The molecule has 0 bridgehead atoms. The van der Waals surface area contributed by atoms with Crippen LogP contribution in [0.3, 0.4) is 0 Å². The predicted molar refractivity (Wildman–Crippen MR) is 73.1 cm³/mol. The molecule has 0 aliphatic rings. The van der Waals surface area contributed by atoms with Gasteiger partial charge in [-0.05, 0) is 19.8 Å². The van der Waals surface area contributed by atoms with Crippen molar-refractivity contribution in [2.45, 2.75) is 32.6 Å². The van der Waals surface area contributed by atoms with Gasteiger partial charge in [0.2, 0.25) is 0 Å². The Labute approximate surface area is 119 Å². The monoisotopic (exact) mass is 288 g/mol. The molecule has 0 aromatic carbocycles. The molecule has 0 heterocycles. The molecule has 0 radical (unpaired) electrons. The minimum Gasteiger partial charge on any atom is -0.468 e. The topological polar surface area (TPSA) is 84.9 Å². The number of methoxy groups -OCH3 is 1. The lowest BCUT2D eigenvalue weighted by atomic mass is 10.2.